The Balaban J connectivity index is 1.77. The van der Waals surface area contributed by atoms with E-state index in [1.54, 1.807) is 0 Å². The number of carbonyl (C=O) groups is 1. The van der Waals surface area contributed by atoms with Gasteiger partial charge in [-0.3, -0.25) is 4.79 Å². The van der Waals surface area contributed by atoms with Crippen LogP contribution in [-0.2, 0) is 23.7 Å². The number of nitrogens with one attached hydrogen (secondary N) is 1. The maximum Gasteiger partial charge on any atom is 0.220 e. The largest absolute Gasteiger partial charge is 0.394 e. The molecule has 12 unspecified atom stereocenters. The van der Waals surface area contributed by atoms with E-state index in [4.69, 9.17) is 18.9 Å². The van der Waals surface area contributed by atoms with Gasteiger partial charge in [0.2, 0.25) is 5.91 Å². The SMILES string of the molecule is CC/C=C\C/C=C\C/C=C\C/C=C\CCC(=O)NC(COC1OC(CO)C(OC2OC(CO)C(O)C(O)C2O)C(O)C1O)C(O)CCCCCCCCCCCCCCCCCCCCCCCCC. The summed E-state index contributed by atoms with van der Waals surface area (Å²) in [6.07, 6.45) is 34.3. The Kier molecular flexibility index (Phi) is 38.7. The van der Waals surface area contributed by atoms with E-state index in [9.17, 15) is 45.6 Å². The van der Waals surface area contributed by atoms with Crippen molar-refractivity contribution in [3.05, 3.63) is 48.6 Å². The Labute approximate surface area is 423 Å². The Morgan fingerprint density at radius 3 is 1.43 bits per heavy atom. The number of unbranched alkanes of at least 4 members (excludes halogenated alkanes) is 22. The molecule has 2 aliphatic rings. The van der Waals surface area contributed by atoms with Crippen LogP contribution in [0.4, 0.5) is 0 Å². The van der Waals surface area contributed by atoms with Crippen molar-refractivity contribution in [3.8, 4) is 0 Å². The van der Waals surface area contributed by atoms with Gasteiger partial charge in [0.05, 0.1) is 32.0 Å². The number of hydrogen-bond acceptors (Lipinski definition) is 13. The molecule has 408 valence electrons. The minimum Gasteiger partial charge on any atom is -0.394 e. The molecular weight excluding hydrogens is 895 g/mol. The smallest absolute Gasteiger partial charge is 0.220 e. The Morgan fingerprint density at radius 2 is 0.957 bits per heavy atom. The van der Waals surface area contributed by atoms with Gasteiger partial charge in [-0.25, -0.2) is 0 Å². The van der Waals surface area contributed by atoms with Gasteiger partial charge >= 0.3 is 0 Å². The van der Waals surface area contributed by atoms with Crippen molar-refractivity contribution in [2.45, 2.75) is 280 Å². The van der Waals surface area contributed by atoms with Crippen LogP contribution in [0, 0.1) is 0 Å². The van der Waals surface area contributed by atoms with Gasteiger partial charge in [0.15, 0.2) is 12.6 Å². The quantitative estimate of drug-likeness (QED) is 0.0207. The number of allylic oxidation sites excluding steroid dienone is 8. The number of rotatable bonds is 43. The normalized spacial score (nSPS) is 26.3. The van der Waals surface area contributed by atoms with E-state index in [1.165, 1.54) is 122 Å². The molecule has 70 heavy (non-hydrogen) atoms. The third-order valence-corrected chi connectivity index (χ3v) is 13.6. The summed E-state index contributed by atoms with van der Waals surface area (Å²) in [4.78, 5) is 13.2. The predicted octanol–water partition coefficient (Wildman–Crippen LogP) is 8.44. The van der Waals surface area contributed by atoms with Gasteiger partial charge in [0, 0.05) is 6.42 Å². The Bertz CT molecular complexity index is 1360. The highest BCUT2D eigenvalue weighted by molar-refractivity contribution is 5.76. The summed E-state index contributed by atoms with van der Waals surface area (Å²) in [6.45, 7) is 2.69. The molecule has 0 bridgehead atoms. The van der Waals surface area contributed by atoms with Crippen LogP contribution < -0.4 is 5.32 Å². The van der Waals surface area contributed by atoms with Crippen LogP contribution in [0.1, 0.15) is 206 Å². The van der Waals surface area contributed by atoms with E-state index in [0.29, 0.717) is 12.8 Å². The first-order valence-electron chi connectivity index (χ1n) is 27.9. The zero-order valence-electron chi connectivity index (χ0n) is 43.5. The second-order valence-electron chi connectivity index (χ2n) is 19.7. The van der Waals surface area contributed by atoms with Crippen LogP contribution in [0.5, 0.6) is 0 Å². The number of hydrogen-bond donors (Lipinski definition) is 9. The lowest BCUT2D eigenvalue weighted by molar-refractivity contribution is -0.359. The first-order chi connectivity index (χ1) is 34.1. The fourth-order valence-corrected chi connectivity index (χ4v) is 9.07. The van der Waals surface area contributed by atoms with Crippen molar-refractivity contribution in [3.63, 3.8) is 0 Å². The van der Waals surface area contributed by atoms with Crippen molar-refractivity contribution >= 4 is 5.91 Å². The number of ether oxygens (including phenoxy) is 4. The Hall–Kier alpha value is -2.05. The van der Waals surface area contributed by atoms with E-state index >= 15 is 0 Å². The lowest BCUT2D eigenvalue weighted by Gasteiger charge is -2.46. The molecule has 9 N–H and O–H groups in total. The highest BCUT2D eigenvalue weighted by Crippen LogP contribution is 2.30. The van der Waals surface area contributed by atoms with Crippen molar-refractivity contribution in [2.75, 3.05) is 19.8 Å². The summed E-state index contributed by atoms with van der Waals surface area (Å²) in [6, 6.07) is -0.867. The molecule has 2 saturated heterocycles. The molecule has 0 aromatic heterocycles. The van der Waals surface area contributed by atoms with Crippen LogP contribution in [0.2, 0.25) is 0 Å². The molecule has 2 heterocycles. The topological polar surface area (TPSA) is 228 Å². The summed E-state index contributed by atoms with van der Waals surface area (Å²) in [5.74, 6) is -0.286. The van der Waals surface area contributed by atoms with E-state index in [2.05, 4.69) is 55.6 Å². The molecule has 2 rings (SSSR count). The standard InChI is InChI=1S/C56H101NO13/c1-3-5-7-9-11-13-15-17-18-19-20-21-22-23-24-25-26-28-29-31-33-35-37-39-45(60)44(57-48(61)40-38-36-34-32-30-27-16-14-12-10-8-6-4-2)43-67-55-53(66)51(64)54(47(42-59)69-55)70-56-52(65)50(63)49(62)46(41-58)68-56/h6,8,12,14,27,30,34,36,44-47,49-56,58-60,62-66H,3-5,7,9-11,13,15-26,28-29,31-33,35,37-43H2,1-2H3,(H,57,61)/b8-6-,14-12-,30-27-,36-34-. The highest BCUT2D eigenvalue weighted by atomic mass is 16.7. The monoisotopic (exact) mass is 996 g/mol. The molecule has 2 aliphatic heterocycles. The van der Waals surface area contributed by atoms with E-state index in [1.807, 2.05) is 12.2 Å². The van der Waals surface area contributed by atoms with Crippen LogP contribution in [0.3, 0.4) is 0 Å². The van der Waals surface area contributed by atoms with Gasteiger partial charge < -0.3 is 65.1 Å². The van der Waals surface area contributed by atoms with E-state index in [-0.39, 0.29) is 18.9 Å². The zero-order chi connectivity index (χ0) is 51.0. The predicted molar refractivity (Wildman–Crippen MR) is 277 cm³/mol. The maximum atomic E-state index is 13.2. The molecule has 14 heteroatoms. The number of aliphatic hydroxyl groups excluding tert-OH is 8. The molecular formula is C56H101NO13. The molecule has 14 nitrogen and oxygen atoms in total. The van der Waals surface area contributed by atoms with Gasteiger partial charge in [0.25, 0.3) is 0 Å². The fourth-order valence-electron chi connectivity index (χ4n) is 9.07. The minimum absolute atomic E-state index is 0.182. The average molecular weight is 996 g/mol. The second kappa shape index (κ2) is 42.3. The first-order valence-corrected chi connectivity index (χ1v) is 27.9. The van der Waals surface area contributed by atoms with Crippen molar-refractivity contribution in [1.82, 2.24) is 5.32 Å². The molecule has 12 atom stereocenters. The lowest BCUT2D eigenvalue weighted by Crippen LogP contribution is -2.65. The summed E-state index contributed by atoms with van der Waals surface area (Å²) in [5.41, 5.74) is 0. The lowest BCUT2D eigenvalue weighted by atomic mass is 9.97. The highest BCUT2D eigenvalue weighted by Gasteiger charge is 2.51. The second-order valence-corrected chi connectivity index (χ2v) is 19.7. The van der Waals surface area contributed by atoms with Crippen LogP contribution in [0.15, 0.2) is 48.6 Å². The van der Waals surface area contributed by atoms with Gasteiger partial charge in [0.1, 0.15) is 48.8 Å². The molecule has 0 spiro atoms. The van der Waals surface area contributed by atoms with Crippen molar-refractivity contribution in [1.29, 1.82) is 0 Å². The molecule has 0 aromatic carbocycles. The van der Waals surface area contributed by atoms with Crippen LogP contribution >= 0.6 is 0 Å². The summed E-state index contributed by atoms with van der Waals surface area (Å²) in [5, 5.41) is 87.0. The fraction of sp³-hybridized carbons (Fsp3) is 0.839. The molecule has 0 radical (unpaired) electrons. The number of carbonyl (C=O) groups excluding carboxylic acids is 1. The van der Waals surface area contributed by atoms with Gasteiger partial charge in [-0.15, -0.1) is 0 Å². The third-order valence-electron chi connectivity index (χ3n) is 13.6. The first kappa shape index (κ1) is 64.1. The van der Waals surface area contributed by atoms with Crippen LogP contribution in [0.25, 0.3) is 0 Å². The van der Waals surface area contributed by atoms with Gasteiger partial charge in [-0.1, -0.05) is 210 Å². The van der Waals surface area contributed by atoms with E-state index in [0.717, 1.165) is 51.4 Å². The minimum atomic E-state index is -1.79. The molecule has 1 amide bonds. The zero-order valence-corrected chi connectivity index (χ0v) is 43.5. The average Bonchev–Trinajstić information content (AvgIpc) is 3.36. The van der Waals surface area contributed by atoms with Crippen LogP contribution in [-0.4, -0.2) is 140 Å². The van der Waals surface area contributed by atoms with Gasteiger partial charge in [-0.2, -0.15) is 0 Å². The summed E-state index contributed by atoms with van der Waals surface area (Å²) in [7, 11) is 0. The van der Waals surface area contributed by atoms with E-state index < -0.39 is 86.8 Å². The maximum absolute atomic E-state index is 13.2. The summed E-state index contributed by atoms with van der Waals surface area (Å²) >= 11 is 0. The number of aliphatic hydroxyl groups is 8. The molecule has 0 aromatic rings. The Morgan fingerprint density at radius 1 is 0.529 bits per heavy atom. The molecule has 0 aliphatic carbocycles. The van der Waals surface area contributed by atoms with Gasteiger partial charge in [-0.05, 0) is 38.5 Å². The van der Waals surface area contributed by atoms with Crippen molar-refractivity contribution in [2.24, 2.45) is 0 Å². The third kappa shape index (κ3) is 28.4. The molecule has 0 saturated carbocycles. The number of amides is 1. The summed E-state index contributed by atoms with van der Waals surface area (Å²) < 4.78 is 22.7. The molecule has 2 fully saturated rings. The van der Waals surface area contributed by atoms with Crippen molar-refractivity contribution < 1.29 is 64.6 Å².